The number of aryl methyl sites for hydroxylation is 3. The van der Waals surface area contributed by atoms with E-state index in [0.717, 1.165) is 33.4 Å². The molecule has 0 fully saturated rings. The van der Waals surface area contributed by atoms with Crippen LogP contribution in [0.2, 0.25) is 0 Å². The summed E-state index contributed by atoms with van der Waals surface area (Å²) in [5.74, 6) is 0. The Bertz CT molecular complexity index is 832. The number of fused-ring (bicyclic) bond motifs is 3. The van der Waals surface area contributed by atoms with Gasteiger partial charge in [0.25, 0.3) is 5.56 Å². The molecule has 0 bridgehead atoms. The summed E-state index contributed by atoms with van der Waals surface area (Å²) in [6.07, 6.45) is 2.57. The fraction of sp³-hybridized carbons (Fsp3) is 0.357. The zero-order valence-corrected chi connectivity index (χ0v) is 12.0. The number of pyridine rings is 1. The topological polar surface area (TPSA) is 47.8 Å². The van der Waals surface area contributed by atoms with Crippen LogP contribution in [0.4, 0.5) is 0 Å². The summed E-state index contributed by atoms with van der Waals surface area (Å²) in [4.78, 5) is 22.3. The fourth-order valence-electron chi connectivity index (χ4n) is 2.18. The predicted molar refractivity (Wildman–Crippen MR) is 78.9 cm³/mol. The van der Waals surface area contributed by atoms with E-state index in [1.165, 1.54) is 11.3 Å². The van der Waals surface area contributed by atoms with E-state index in [-0.39, 0.29) is 5.56 Å². The second-order valence-corrected chi connectivity index (χ2v) is 5.77. The summed E-state index contributed by atoms with van der Waals surface area (Å²) in [6.45, 7) is 6.78. The van der Waals surface area contributed by atoms with E-state index >= 15 is 0 Å². The molecule has 0 N–H and O–H groups in total. The van der Waals surface area contributed by atoms with Gasteiger partial charge < -0.3 is 0 Å². The van der Waals surface area contributed by atoms with Crippen molar-refractivity contribution in [1.29, 1.82) is 0 Å². The third kappa shape index (κ3) is 1.85. The second kappa shape index (κ2) is 4.42. The van der Waals surface area contributed by atoms with Gasteiger partial charge in [-0.1, -0.05) is 6.92 Å². The first-order valence-corrected chi connectivity index (χ1v) is 7.19. The van der Waals surface area contributed by atoms with Gasteiger partial charge in [0.2, 0.25) is 0 Å². The van der Waals surface area contributed by atoms with Gasteiger partial charge in [0, 0.05) is 17.6 Å². The van der Waals surface area contributed by atoms with Crippen molar-refractivity contribution in [1.82, 2.24) is 14.5 Å². The summed E-state index contributed by atoms with van der Waals surface area (Å²) < 4.78 is 2.39. The number of rotatable bonds is 2. The normalized spacial score (nSPS) is 11.5. The molecule has 0 saturated carbocycles. The molecule has 98 valence electrons. The first-order valence-electron chi connectivity index (χ1n) is 6.37. The van der Waals surface area contributed by atoms with Crippen LogP contribution in [-0.4, -0.2) is 14.5 Å². The Labute approximate surface area is 114 Å². The van der Waals surface area contributed by atoms with E-state index in [1.54, 1.807) is 10.9 Å². The molecule has 0 aliphatic heterocycles. The average molecular weight is 273 g/mol. The van der Waals surface area contributed by atoms with E-state index in [2.05, 4.69) is 23.0 Å². The maximum absolute atomic E-state index is 12.4. The van der Waals surface area contributed by atoms with Crippen molar-refractivity contribution >= 4 is 31.8 Å². The van der Waals surface area contributed by atoms with Gasteiger partial charge in [-0.25, -0.2) is 9.97 Å². The second-order valence-electron chi connectivity index (χ2n) is 4.77. The van der Waals surface area contributed by atoms with Gasteiger partial charge in [-0.15, -0.1) is 11.3 Å². The highest BCUT2D eigenvalue weighted by Crippen LogP contribution is 2.30. The molecular weight excluding hydrogens is 258 g/mol. The number of nitrogens with zero attached hydrogens (tertiary/aromatic N) is 3. The van der Waals surface area contributed by atoms with Crippen LogP contribution in [0.25, 0.3) is 20.4 Å². The van der Waals surface area contributed by atoms with E-state index in [9.17, 15) is 4.79 Å². The SMILES string of the molecule is CCCn1cnc2c(sc3nc(C)c(C)cc32)c1=O. The Morgan fingerprint density at radius 3 is 2.89 bits per heavy atom. The summed E-state index contributed by atoms with van der Waals surface area (Å²) in [5.41, 5.74) is 2.97. The standard InChI is InChI=1S/C14H15N3OS/c1-4-5-17-7-15-11-10-6-8(2)9(3)16-13(10)19-12(11)14(17)18/h6-7H,4-5H2,1-3H3. The van der Waals surface area contributed by atoms with E-state index in [4.69, 9.17) is 0 Å². The van der Waals surface area contributed by atoms with Crippen LogP contribution in [0.5, 0.6) is 0 Å². The third-order valence-electron chi connectivity index (χ3n) is 3.35. The van der Waals surface area contributed by atoms with Gasteiger partial charge in [-0.05, 0) is 31.9 Å². The average Bonchev–Trinajstić information content (AvgIpc) is 2.73. The predicted octanol–water partition coefficient (Wildman–Crippen LogP) is 3.03. The van der Waals surface area contributed by atoms with Gasteiger partial charge in [0.1, 0.15) is 9.53 Å². The van der Waals surface area contributed by atoms with Gasteiger partial charge in [0.05, 0.1) is 11.8 Å². The minimum Gasteiger partial charge on any atom is -0.298 e. The quantitative estimate of drug-likeness (QED) is 0.721. The molecule has 4 nitrogen and oxygen atoms in total. The molecule has 0 aromatic carbocycles. The smallest absolute Gasteiger partial charge is 0.271 e. The van der Waals surface area contributed by atoms with Gasteiger partial charge in [-0.2, -0.15) is 0 Å². The van der Waals surface area contributed by atoms with Crippen molar-refractivity contribution < 1.29 is 0 Å². The van der Waals surface area contributed by atoms with Crippen LogP contribution in [-0.2, 0) is 6.54 Å². The summed E-state index contributed by atoms with van der Waals surface area (Å²) in [6, 6.07) is 2.08. The van der Waals surface area contributed by atoms with Crippen LogP contribution < -0.4 is 5.56 Å². The molecule has 0 amide bonds. The molecule has 0 spiro atoms. The molecule has 0 aliphatic rings. The zero-order valence-electron chi connectivity index (χ0n) is 11.2. The van der Waals surface area contributed by atoms with Crippen LogP contribution in [0.15, 0.2) is 17.2 Å². The molecule has 5 heteroatoms. The van der Waals surface area contributed by atoms with Gasteiger partial charge in [0.15, 0.2) is 0 Å². The minimum atomic E-state index is 0.0464. The monoisotopic (exact) mass is 273 g/mol. The highest BCUT2D eigenvalue weighted by molar-refractivity contribution is 7.25. The van der Waals surface area contributed by atoms with Crippen molar-refractivity contribution in [2.24, 2.45) is 0 Å². The zero-order chi connectivity index (χ0) is 13.6. The van der Waals surface area contributed by atoms with Gasteiger partial charge >= 0.3 is 0 Å². The minimum absolute atomic E-state index is 0.0464. The van der Waals surface area contributed by atoms with Crippen LogP contribution in [0.1, 0.15) is 24.6 Å². The van der Waals surface area contributed by atoms with Crippen molar-refractivity contribution in [2.45, 2.75) is 33.7 Å². The lowest BCUT2D eigenvalue weighted by Gasteiger charge is -2.01. The lowest BCUT2D eigenvalue weighted by Crippen LogP contribution is -2.19. The Kier molecular flexibility index (Phi) is 2.86. The molecular formula is C14H15N3OS. The number of hydrogen-bond donors (Lipinski definition) is 0. The molecule has 3 aromatic heterocycles. The third-order valence-corrected chi connectivity index (χ3v) is 4.42. The van der Waals surface area contributed by atoms with E-state index < -0.39 is 0 Å². The van der Waals surface area contributed by atoms with E-state index in [0.29, 0.717) is 11.2 Å². The molecule has 19 heavy (non-hydrogen) atoms. The number of hydrogen-bond acceptors (Lipinski definition) is 4. The Morgan fingerprint density at radius 2 is 2.16 bits per heavy atom. The molecule has 0 aliphatic carbocycles. The summed E-state index contributed by atoms with van der Waals surface area (Å²) in [5, 5.41) is 0.990. The van der Waals surface area contributed by atoms with Crippen molar-refractivity contribution in [3.05, 3.63) is 34.0 Å². The summed E-state index contributed by atoms with van der Waals surface area (Å²) >= 11 is 1.44. The molecule has 0 radical (unpaired) electrons. The highest BCUT2D eigenvalue weighted by Gasteiger charge is 2.13. The van der Waals surface area contributed by atoms with Crippen molar-refractivity contribution in [3.8, 4) is 0 Å². The van der Waals surface area contributed by atoms with Gasteiger partial charge in [-0.3, -0.25) is 9.36 Å². The fourth-order valence-corrected chi connectivity index (χ4v) is 3.29. The lowest BCUT2D eigenvalue weighted by molar-refractivity contribution is 0.649. The van der Waals surface area contributed by atoms with Crippen LogP contribution in [0, 0.1) is 13.8 Å². The molecule has 3 aromatic rings. The maximum Gasteiger partial charge on any atom is 0.271 e. The molecule has 0 saturated heterocycles. The maximum atomic E-state index is 12.4. The lowest BCUT2D eigenvalue weighted by atomic mass is 10.2. The molecule has 3 rings (SSSR count). The van der Waals surface area contributed by atoms with Crippen LogP contribution >= 0.6 is 11.3 Å². The van der Waals surface area contributed by atoms with E-state index in [1.807, 2.05) is 13.8 Å². The number of aromatic nitrogens is 3. The Morgan fingerprint density at radius 1 is 1.37 bits per heavy atom. The Balaban J connectivity index is 2.40. The Hall–Kier alpha value is -1.75. The molecule has 0 atom stereocenters. The number of thiophene rings is 1. The highest BCUT2D eigenvalue weighted by atomic mass is 32.1. The first kappa shape index (κ1) is 12.3. The summed E-state index contributed by atoms with van der Waals surface area (Å²) in [7, 11) is 0. The largest absolute Gasteiger partial charge is 0.298 e. The van der Waals surface area contributed by atoms with Crippen LogP contribution in [0.3, 0.4) is 0 Å². The van der Waals surface area contributed by atoms with Crippen molar-refractivity contribution in [3.63, 3.8) is 0 Å². The molecule has 3 heterocycles. The molecule has 0 unspecified atom stereocenters. The van der Waals surface area contributed by atoms with Crippen molar-refractivity contribution in [2.75, 3.05) is 0 Å². The first-order chi connectivity index (χ1) is 9.11.